The molecule has 0 aliphatic carbocycles. The highest BCUT2D eigenvalue weighted by atomic mass is 19.1. The maximum absolute atomic E-state index is 14.2. The molecule has 0 amide bonds. The predicted molar refractivity (Wildman–Crippen MR) is 89.1 cm³/mol. The molecule has 0 saturated heterocycles. The normalized spacial score (nSPS) is 11.8. The number of pyridine rings is 2. The van der Waals surface area contributed by atoms with Gasteiger partial charge in [0.2, 0.25) is 0 Å². The highest BCUT2D eigenvalue weighted by molar-refractivity contribution is 5.95. The van der Waals surface area contributed by atoms with Gasteiger partial charge in [-0.1, -0.05) is 12.1 Å². The van der Waals surface area contributed by atoms with E-state index in [9.17, 15) is 4.39 Å². The van der Waals surface area contributed by atoms with Crippen molar-refractivity contribution in [2.24, 2.45) is 21.2 Å². The Labute approximate surface area is 137 Å². The van der Waals surface area contributed by atoms with Gasteiger partial charge in [0.1, 0.15) is 11.5 Å². The molecule has 2 aromatic heterocycles. The van der Waals surface area contributed by atoms with Gasteiger partial charge in [-0.2, -0.15) is 0 Å². The highest BCUT2D eigenvalue weighted by Crippen LogP contribution is 2.24. The van der Waals surface area contributed by atoms with Crippen molar-refractivity contribution in [2.75, 3.05) is 0 Å². The number of hydrogen-bond acceptors (Lipinski definition) is 4. The van der Waals surface area contributed by atoms with E-state index >= 15 is 0 Å². The fraction of sp³-hybridized carbons (Fsp3) is 0. The van der Waals surface area contributed by atoms with Gasteiger partial charge in [0.05, 0.1) is 11.4 Å². The standard InChI is InChI=1S/C17H13FN6/c18-14-11-12(7-8-13(14)15-5-1-3-9-20-15)22-24-23-17(19)16-6-2-4-10-21-16/h1-11H,(H2,19,22,23). The summed E-state index contributed by atoms with van der Waals surface area (Å²) >= 11 is 0. The first-order valence-corrected chi connectivity index (χ1v) is 7.10. The van der Waals surface area contributed by atoms with Crippen LogP contribution in [0.25, 0.3) is 11.3 Å². The van der Waals surface area contributed by atoms with E-state index in [1.54, 1.807) is 60.9 Å². The van der Waals surface area contributed by atoms with Gasteiger partial charge in [0, 0.05) is 24.0 Å². The summed E-state index contributed by atoms with van der Waals surface area (Å²) in [6, 6.07) is 15.0. The summed E-state index contributed by atoms with van der Waals surface area (Å²) in [4.78, 5) is 8.16. The van der Waals surface area contributed by atoms with Crippen LogP contribution in [0.15, 0.2) is 82.4 Å². The molecule has 0 aliphatic rings. The Morgan fingerprint density at radius 2 is 1.75 bits per heavy atom. The van der Waals surface area contributed by atoms with E-state index in [0.29, 0.717) is 22.6 Å². The maximum atomic E-state index is 14.2. The number of amidine groups is 1. The molecule has 0 aliphatic heterocycles. The zero-order valence-corrected chi connectivity index (χ0v) is 12.5. The lowest BCUT2D eigenvalue weighted by atomic mass is 10.1. The van der Waals surface area contributed by atoms with Crippen LogP contribution in [0.4, 0.5) is 10.1 Å². The average Bonchev–Trinajstić information content (AvgIpc) is 2.63. The largest absolute Gasteiger partial charge is 0.380 e. The van der Waals surface area contributed by atoms with Gasteiger partial charge in [-0.25, -0.2) is 4.39 Å². The van der Waals surface area contributed by atoms with Crippen molar-refractivity contribution in [1.29, 1.82) is 0 Å². The summed E-state index contributed by atoms with van der Waals surface area (Å²) in [6.45, 7) is 0. The van der Waals surface area contributed by atoms with Crippen molar-refractivity contribution < 1.29 is 4.39 Å². The molecule has 3 rings (SSSR count). The summed E-state index contributed by atoms with van der Waals surface area (Å²) in [6.07, 6.45) is 3.21. The van der Waals surface area contributed by atoms with E-state index in [4.69, 9.17) is 5.73 Å². The van der Waals surface area contributed by atoms with Crippen LogP contribution in [0.5, 0.6) is 0 Å². The van der Waals surface area contributed by atoms with Gasteiger partial charge in [0.15, 0.2) is 5.84 Å². The fourth-order valence-corrected chi connectivity index (χ4v) is 1.98. The smallest absolute Gasteiger partial charge is 0.173 e. The van der Waals surface area contributed by atoms with Gasteiger partial charge < -0.3 is 5.73 Å². The summed E-state index contributed by atoms with van der Waals surface area (Å²) in [7, 11) is 0. The lowest BCUT2D eigenvalue weighted by Gasteiger charge is -2.02. The minimum Gasteiger partial charge on any atom is -0.380 e. The number of aromatic nitrogens is 2. The molecule has 7 heteroatoms. The van der Waals surface area contributed by atoms with Crippen molar-refractivity contribution in [3.8, 4) is 11.3 Å². The number of nitrogens with zero attached hydrogens (tertiary/aromatic N) is 5. The Kier molecular flexibility index (Phi) is 4.62. The van der Waals surface area contributed by atoms with Crippen LogP contribution < -0.4 is 5.73 Å². The highest BCUT2D eigenvalue weighted by Gasteiger charge is 2.06. The molecule has 2 heterocycles. The Balaban J connectivity index is 1.78. The van der Waals surface area contributed by atoms with E-state index in [2.05, 4.69) is 25.4 Å². The van der Waals surface area contributed by atoms with Crippen LogP contribution in [0.3, 0.4) is 0 Å². The second-order valence-electron chi connectivity index (χ2n) is 4.77. The number of rotatable bonds is 4. The van der Waals surface area contributed by atoms with Gasteiger partial charge in [-0.15, -0.1) is 10.2 Å². The minimum absolute atomic E-state index is 0.130. The van der Waals surface area contributed by atoms with E-state index in [-0.39, 0.29) is 5.84 Å². The summed E-state index contributed by atoms with van der Waals surface area (Å²) < 4.78 is 14.2. The van der Waals surface area contributed by atoms with Crippen molar-refractivity contribution in [1.82, 2.24) is 9.97 Å². The second-order valence-corrected chi connectivity index (χ2v) is 4.77. The van der Waals surface area contributed by atoms with Crippen molar-refractivity contribution in [3.05, 3.63) is 78.5 Å². The topological polar surface area (TPSA) is 88.9 Å². The molecule has 24 heavy (non-hydrogen) atoms. The first-order valence-electron chi connectivity index (χ1n) is 7.10. The molecule has 6 nitrogen and oxygen atoms in total. The summed E-state index contributed by atoms with van der Waals surface area (Å²) in [5.74, 6) is -0.309. The maximum Gasteiger partial charge on any atom is 0.173 e. The van der Waals surface area contributed by atoms with Gasteiger partial charge in [-0.05, 0) is 41.6 Å². The Bertz CT molecular complexity index is 878. The van der Waals surface area contributed by atoms with Gasteiger partial charge in [0.25, 0.3) is 0 Å². The number of nitrogens with two attached hydrogens (primary N) is 1. The minimum atomic E-state index is -0.438. The van der Waals surface area contributed by atoms with Crippen molar-refractivity contribution in [3.63, 3.8) is 0 Å². The number of benzene rings is 1. The number of hydrogen-bond donors (Lipinski definition) is 1. The molecule has 0 atom stereocenters. The first-order chi connectivity index (χ1) is 11.7. The molecule has 3 aromatic rings. The third-order valence-electron chi connectivity index (χ3n) is 3.13. The van der Waals surface area contributed by atoms with Crippen LogP contribution >= 0.6 is 0 Å². The first kappa shape index (κ1) is 15.4. The average molecular weight is 320 g/mol. The summed E-state index contributed by atoms with van der Waals surface area (Å²) in [5, 5.41) is 11.2. The van der Waals surface area contributed by atoms with Gasteiger partial charge in [-0.3, -0.25) is 9.97 Å². The Hall–Kier alpha value is -3.48. The molecule has 0 saturated carbocycles. The molecule has 0 unspecified atom stereocenters. The van der Waals surface area contributed by atoms with Crippen LogP contribution in [-0.2, 0) is 0 Å². The van der Waals surface area contributed by atoms with E-state index in [0.717, 1.165) is 0 Å². The Morgan fingerprint density at radius 1 is 0.958 bits per heavy atom. The third kappa shape index (κ3) is 3.64. The lowest BCUT2D eigenvalue weighted by Crippen LogP contribution is -2.13. The SMILES string of the molecule is NC(=NN=Nc1ccc(-c2ccccn2)c(F)c1)c1ccccn1. The molecule has 1 aromatic carbocycles. The molecular weight excluding hydrogens is 307 g/mol. The molecule has 118 valence electrons. The zero-order chi connectivity index (χ0) is 16.8. The third-order valence-corrected chi connectivity index (χ3v) is 3.13. The van der Waals surface area contributed by atoms with E-state index in [1.807, 2.05) is 0 Å². The molecule has 0 radical (unpaired) electrons. The van der Waals surface area contributed by atoms with Crippen LogP contribution in [0.2, 0.25) is 0 Å². The Morgan fingerprint density at radius 3 is 2.42 bits per heavy atom. The van der Waals surface area contributed by atoms with Crippen LogP contribution in [0.1, 0.15) is 5.69 Å². The quantitative estimate of drug-likeness (QED) is 0.344. The zero-order valence-electron chi connectivity index (χ0n) is 12.5. The molecule has 0 bridgehead atoms. The molecule has 0 fully saturated rings. The van der Waals surface area contributed by atoms with Crippen molar-refractivity contribution in [2.45, 2.75) is 0 Å². The van der Waals surface area contributed by atoms with E-state index in [1.165, 1.54) is 6.07 Å². The molecule has 0 spiro atoms. The predicted octanol–water partition coefficient (Wildman–Crippen LogP) is 3.69. The second kappa shape index (κ2) is 7.19. The molecular formula is C17H13FN6. The molecule has 2 N–H and O–H groups in total. The summed E-state index contributed by atoms with van der Waals surface area (Å²) in [5.41, 5.74) is 7.50. The van der Waals surface area contributed by atoms with Crippen molar-refractivity contribution >= 4 is 11.5 Å². The van der Waals surface area contributed by atoms with Gasteiger partial charge >= 0.3 is 0 Å². The monoisotopic (exact) mass is 320 g/mol. The number of halogens is 1. The lowest BCUT2D eigenvalue weighted by molar-refractivity contribution is 0.631. The fourth-order valence-electron chi connectivity index (χ4n) is 1.98. The van der Waals surface area contributed by atoms with Crippen LogP contribution in [0, 0.1) is 5.82 Å². The van der Waals surface area contributed by atoms with Crippen LogP contribution in [-0.4, -0.2) is 15.8 Å². The van der Waals surface area contributed by atoms with E-state index < -0.39 is 5.82 Å².